The Kier molecular flexibility index (Phi) is 6.10. The Labute approximate surface area is 124 Å². The van der Waals surface area contributed by atoms with Gasteiger partial charge in [-0.05, 0) is 46.0 Å². The Bertz CT molecular complexity index is 517. The topological polar surface area (TPSA) is 102 Å². The molecular weight excluding hydrogens is 272 g/mol. The van der Waals surface area contributed by atoms with Gasteiger partial charge < -0.3 is 16.0 Å². The number of hydrogen-bond donors (Lipinski definition) is 2. The number of nitrogens with two attached hydrogens (primary N) is 1. The number of hydrogen-bond acceptors (Lipinski definition) is 5. The van der Waals surface area contributed by atoms with E-state index in [1.54, 1.807) is 0 Å². The zero-order valence-corrected chi connectivity index (χ0v) is 12.6. The quantitative estimate of drug-likeness (QED) is 0.344. The van der Waals surface area contributed by atoms with Crippen molar-refractivity contribution in [2.75, 3.05) is 25.9 Å². The normalized spacial score (nSPS) is 10.9. The monoisotopic (exact) mass is 294 g/mol. The van der Waals surface area contributed by atoms with E-state index in [1.807, 2.05) is 7.05 Å². The molecule has 0 radical (unpaired) electrons. The molecule has 0 aliphatic carbocycles. The van der Waals surface area contributed by atoms with Gasteiger partial charge in [0.1, 0.15) is 5.56 Å². The van der Waals surface area contributed by atoms with Gasteiger partial charge in [-0.15, -0.1) is 0 Å². The van der Waals surface area contributed by atoms with Gasteiger partial charge in [0, 0.05) is 24.3 Å². The molecule has 0 atom stereocenters. The number of carbonyl (C=O) groups excluding carboxylic acids is 1. The number of carbonyl (C=O) groups is 1. The SMILES string of the molecule is CC(C)N(C)CCCNC(=O)c1cc(N)ccc1[N+](=O)[O-]. The van der Waals surface area contributed by atoms with Crippen LogP contribution in [-0.4, -0.2) is 41.9 Å². The first-order chi connectivity index (χ1) is 9.82. The molecule has 1 rings (SSSR count). The number of benzene rings is 1. The summed E-state index contributed by atoms with van der Waals surface area (Å²) < 4.78 is 0. The third kappa shape index (κ3) is 5.03. The molecule has 1 aromatic carbocycles. The van der Waals surface area contributed by atoms with Crippen molar-refractivity contribution in [1.29, 1.82) is 0 Å². The lowest BCUT2D eigenvalue weighted by molar-refractivity contribution is -0.385. The maximum absolute atomic E-state index is 12.0. The Hall–Kier alpha value is -2.15. The fraction of sp³-hybridized carbons (Fsp3) is 0.500. The summed E-state index contributed by atoms with van der Waals surface area (Å²) in [6, 6.07) is 4.42. The van der Waals surface area contributed by atoms with Gasteiger partial charge in [0.05, 0.1) is 4.92 Å². The third-order valence-electron chi connectivity index (χ3n) is 3.32. The summed E-state index contributed by atoms with van der Waals surface area (Å²) in [5.74, 6) is -0.471. The summed E-state index contributed by atoms with van der Waals surface area (Å²) in [5, 5.41) is 13.6. The molecule has 0 fully saturated rings. The molecule has 116 valence electrons. The van der Waals surface area contributed by atoms with Crippen LogP contribution >= 0.6 is 0 Å². The number of nitrogens with zero attached hydrogens (tertiary/aromatic N) is 2. The van der Waals surface area contributed by atoms with Crippen molar-refractivity contribution in [2.24, 2.45) is 0 Å². The fourth-order valence-electron chi connectivity index (χ4n) is 1.78. The second-order valence-corrected chi connectivity index (χ2v) is 5.22. The van der Waals surface area contributed by atoms with Gasteiger partial charge in [-0.1, -0.05) is 0 Å². The van der Waals surface area contributed by atoms with Crippen LogP contribution < -0.4 is 11.1 Å². The van der Waals surface area contributed by atoms with Crippen LogP contribution in [0.3, 0.4) is 0 Å². The van der Waals surface area contributed by atoms with E-state index in [9.17, 15) is 14.9 Å². The summed E-state index contributed by atoms with van der Waals surface area (Å²) in [4.78, 5) is 24.5. The maximum atomic E-state index is 12.0. The van der Waals surface area contributed by atoms with Crippen LogP contribution in [0.25, 0.3) is 0 Å². The lowest BCUT2D eigenvalue weighted by atomic mass is 10.1. The minimum atomic E-state index is -0.582. The molecule has 21 heavy (non-hydrogen) atoms. The summed E-state index contributed by atoms with van der Waals surface area (Å²) in [7, 11) is 2.01. The van der Waals surface area contributed by atoms with Gasteiger partial charge in [-0.3, -0.25) is 14.9 Å². The van der Waals surface area contributed by atoms with Crippen LogP contribution in [0.1, 0.15) is 30.6 Å². The molecule has 0 aromatic heterocycles. The van der Waals surface area contributed by atoms with Gasteiger partial charge in [0.15, 0.2) is 0 Å². The van der Waals surface area contributed by atoms with Crippen molar-refractivity contribution >= 4 is 17.3 Å². The smallest absolute Gasteiger partial charge is 0.282 e. The highest BCUT2D eigenvalue weighted by molar-refractivity contribution is 5.99. The Balaban J connectivity index is 2.60. The summed E-state index contributed by atoms with van der Waals surface area (Å²) in [6.45, 7) is 5.49. The van der Waals surface area contributed by atoms with Crippen LogP contribution in [0.2, 0.25) is 0 Å². The zero-order valence-electron chi connectivity index (χ0n) is 12.6. The highest BCUT2D eigenvalue weighted by atomic mass is 16.6. The lowest BCUT2D eigenvalue weighted by Crippen LogP contribution is -2.31. The lowest BCUT2D eigenvalue weighted by Gasteiger charge is -2.20. The fourth-order valence-corrected chi connectivity index (χ4v) is 1.78. The molecule has 0 unspecified atom stereocenters. The molecule has 0 aliphatic rings. The predicted molar refractivity (Wildman–Crippen MR) is 82.2 cm³/mol. The van der Waals surface area contributed by atoms with E-state index < -0.39 is 10.8 Å². The van der Waals surface area contributed by atoms with E-state index >= 15 is 0 Å². The number of nitro groups is 1. The number of anilines is 1. The van der Waals surface area contributed by atoms with Crippen LogP contribution in [0.4, 0.5) is 11.4 Å². The van der Waals surface area contributed by atoms with Crippen LogP contribution in [0.15, 0.2) is 18.2 Å². The molecule has 0 saturated carbocycles. The molecule has 7 heteroatoms. The Morgan fingerprint density at radius 1 is 1.48 bits per heavy atom. The summed E-state index contributed by atoms with van der Waals surface area (Å²) >= 11 is 0. The first-order valence-corrected chi connectivity index (χ1v) is 6.85. The molecule has 1 aromatic rings. The molecule has 0 heterocycles. The summed E-state index contributed by atoms with van der Waals surface area (Å²) in [6.07, 6.45) is 0.774. The molecule has 3 N–H and O–H groups in total. The molecular formula is C14H22N4O3. The second kappa shape index (κ2) is 7.58. The van der Waals surface area contributed by atoms with E-state index in [0.29, 0.717) is 18.3 Å². The highest BCUT2D eigenvalue weighted by Gasteiger charge is 2.19. The van der Waals surface area contributed by atoms with E-state index in [-0.39, 0.29) is 11.3 Å². The molecule has 0 bridgehead atoms. The van der Waals surface area contributed by atoms with E-state index in [4.69, 9.17) is 5.73 Å². The van der Waals surface area contributed by atoms with Gasteiger partial charge in [0.25, 0.3) is 11.6 Å². The number of rotatable bonds is 7. The van der Waals surface area contributed by atoms with E-state index in [2.05, 4.69) is 24.1 Å². The number of nitro benzene ring substituents is 1. The van der Waals surface area contributed by atoms with Crippen molar-refractivity contribution in [3.05, 3.63) is 33.9 Å². The van der Waals surface area contributed by atoms with Crippen LogP contribution in [-0.2, 0) is 0 Å². The van der Waals surface area contributed by atoms with Gasteiger partial charge in [-0.25, -0.2) is 0 Å². The molecule has 7 nitrogen and oxygen atoms in total. The molecule has 1 amide bonds. The minimum absolute atomic E-state index is 0.00258. The Morgan fingerprint density at radius 3 is 2.71 bits per heavy atom. The summed E-state index contributed by atoms with van der Waals surface area (Å²) in [5.41, 5.74) is 5.67. The van der Waals surface area contributed by atoms with Gasteiger partial charge >= 0.3 is 0 Å². The van der Waals surface area contributed by atoms with Crippen molar-refractivity contribution < 1.29 is 9.72 Å². The standard InChI is InChI=1S/C14H22N4O3/c1-10(2)17(3)8-4-7-16-14(19)12-9-11(15)5-6-13(12)18(20)21/h5-6,9-10H,4,7-8,15H2,1-3H3,(H,16,19). The first kappa shape index (κ1) is 16.9. The molecule has 0 saturated heterocycles. The van der Waals surface area contributed by atoms with Crippen LogP contribution in [0.5, 0.6) is 0 Å². The van der Waals surface area contributed by atoms with Crippen LogP contribution in [0, 0.1) is 10.1 Å². The number of nitrogen functional groups attached to an aromatic ring is 1. The van der Waals surface area contributed by atoms with Crippen molar-refractivity contribution in [1.82, 2.24) is 10.2 Å². The number of nitrogens with one attached hydrogen (secondary N) is 1. The minimum Gasteiger partial charge on any atom is -0.399 e. The van der Waals surface area contributed by atoms with Gasteiger partial charge in [0.2, 0.25) is 0 Å². The van der Waals surface area contributed by atoms with Gasteiger partial charge in [-0.2, -0.15) is 0 Å². The average molecular weight is 294 g/mol. The first-order valence-electron chi connectivity index (χ1n) is 6.85. The van der Waals surface area contributed by atoms with Crippen molar-refractivity contribution in [2.45, 2.75) is 26.3 Å². The van der Waals surface area contributed by atoms with Crippen molar-refractivity contribution in [3.8, 4) is 0 Å². The average Bonchev–Trinajstić information content (AvgIpc) is 2.42. The predicted octanol–water partition coefficient (Wildman–Crippen LogP) is 1.64. The van der Waals surface area contributed by atoms with E-state index in [0.717, 1.165) is 13.0 Å². The van der Waals surface area contributed by atoms with Crippen molar-refractivity contribution in [3.63, 3.8) is 0 Å². The zero-order chi connectivity index (χ0) is 16.0. The largest absolute Gasteiger partial charge is 0.399 e. The van der Waals surface area contributed by atoms with E-state index in [1.165, 1.54) is 18.2 Å². The Morgan fingerprint density at radius 2 is 2.14 bits per heavy atom. The maximum Gasteiger partial charge on any atom is 0.282 e. The molecule has 0 spiro atoms. The third-order valence-corrected chi connectivity index (χ3v) is 3.32. The number of amides is 1. The molecule has 0 aliphatic heterocycles. The second-order valence-electron chi connectivity index (χ2n) is 5.22. The highest BCUT2D eigenvalue weighted by Crippen LogP contribution is 2.20.